The van der Waals surface area contributed by atoms with Crippen molar-refractivity contribution in [2.75, 3.05) is 0 Å². The maximum Gasteiger partial charge on any atom is 0.306 e. The molecule has 88 valence electrons. The molecule has 2 heteroatoms. The largest absolute Gasteiger partial charge is 0.459 e. The molecule has 0 atom stereocenters. The summed E-state index contributed by atoms with van der Waals surface area (Å²) in [5.41, 5.74) is -0.257. The van der Waals surface area contributed by atoms with Gasteiger partial charge in [0.1, 0.15) is 5.60 Å². The van der Waals surface area contributed by atoms with E-state index >= 15 is 0 Å². The van der Waals surface area contributed by atoms with Crippen molar-refractivity contribution in [3.8, 4) is 0 Å². The number of esters is 1. The van der Waals surface area contributed by atoms with Gasteiger partial charge in [-0.15, -0.1) is 0 Å². The van der Waals surface area contributed by atoms with E-state index in [2.05, 4.69) is 13.8 Å². The Hall–Kier alpha value is -0.530. The molecular formula is C13H24O2. The molecular weight excluding hydrogens is 188 g/mol. The van der Waals surface area contributed by atoms with Crippen molar-refractivity contribution in [2.45, 2.75) is 71.3 Å². The zero-order chi connectivity index (χ0) is 11.3. The van der Waals surface area contributed by atoms with E-state index in [0.29, 0.717) is 12.3 Å². The molecule has 0 unspecified atom stereocenters. The number of rotatable bonds is 4. The van der Waals surface area contributed by atoms with Gasteiger partial charge in [0.15, 0.2) is 0 Å². The summed E-state index contributed by atoms with van der Waals surface area (Å²) in [6, 6.07) is 0. The summed E-state index contributed by atoms with van der Waals surface area (Å²) in [7, 11) is 0. The van der Waals surface area contributed by atoms with E-state index in [-0.39, 0.29) is 11.6 Å². The van der Waals surface area contributed by atoms with Crippen LogP contribution in [0.1, 0.15) is 65.7 Å². The second-order valence-corrected chi connectivity index (χ2v) is 5.16. The zero-order valence-electron chi connectivity index (χ0n) is 10.3. The van der Waals surface area contributed by atoms with Crippen molar-refractivity contribution >= 4 is 5.97 Å². The summed E-state index contributed by atoms with van der Waals surface area (Å²) in [4.78, 5) is 11.5. The Balaban J connectivity index is 2.45. The minimum Gasteiger partial charge on any atom is -0.459 e. The van der Waals surface area contributed by atoms with Gasteiger partial charge in [-0.25, -0.2) is 0 Å². The Morgan fingerprint density at radius 2 is 1.87 bits per heavy atom. The molecule has 0 aliphatic heterocycles. The minimum atomic E-state index is -0.257. The first-order valence-corrected chi connectivity index (χ1v) is 6.28. The van der Waals surface area contributed by atoms with Crippen LogP contribution >= 0.6 is 0 Å². The lowest BCUT2D eigenvalue weighted by molar-refractivity contribution is -0.163. The summed E-state index contributed by atoms with van der Waals surface area (Å²) < 4.78 is 5.58. The summed E-state index contributed by atoms with van der Waals surface area (Å²) in [6.07, 6.45) is 7.78. The number of carbonyl (C=O) groups excluding carboxylic acids is 1. The van der Waals surface area contributed by atoms with Crippen molar-refractivity contribution in [3.63, 3.8) is 0 Å². The van der Waals surface area contributed by atoms with Crippen molar-refractivity contribution in [1.29, 1.82) is 0 Å². The van der Waals surface area contributed by atoms with Gasteiger partial charge in [0.2, 0.25) is 0 Å². The molecule has 1 rings (SSSR count). The van der Waals surface area contributed by atoms with E-state index in [4.69, 9.17) is 4.74 Å². The van der Waals surface area contributed by atoms with Gasteiger partial charge in [-0.3, -0.25) is 4.79 Å². The van der Waals surface area contributed by atoms with Crippen LogP contribution in [-0.2, 0) is 9.53 Å². The van der Waals surface area contributed by atoms with Gasteiger partial charge in [0.05, 0.1) is 0 Å². The van der Waals surface area contributed by atoms with E-state index in [1.807, 2.05) is 6.92 Å². The molecule has 0 amide bonds. The molecule has 0 saturated heterocycles. The molecule has 15 heavy (non-hydrogen) atoms. The highest BCUT2D eigenvalue weighted by molar-refractivity contribution is 5.69. The van der Waals surface area contributed by atoms with Gasteiger partial charge in [0, 0.05) is 6.42 Å². The molecule has 0 radical (unpaired) electrons. The first-order chi connectivity index (χ1) is 7.06. The van der Waals surface area contributed by atoms with Gasteiger partial charge in [-0.1, -0.05) is 26.2 Å². The molecule has 1 aliphatic rings. The van der Waals surface area contributed by atoms with E-state index in [0.717, 1.165) is 6.42 Å². The predicted molar refractivity (Wildman–Crippen MR) is 61.7 cm³/mol. The van der Waals surface area contributed by atoms with Crippen molar-refractivity contribution in [1.82, 2.24) is 0 Å². The SMILES string of the molecule is CCCC(=O)OC(C)(C)C1CCCCC1. The fourth-order valence-corrected chi connectivity index (χ4v) is 2.43. The lowest BCUT2D eigenvalue weighted by atomic mass is 9.79. The Kier molecular flexibility index (Phi) is 4.62. The van der Waals surface area contributed by atoms with Gasteiger partial charge in [0.25, 0.3) is 0 Å². The van der Waals surface area contributed by atoms with Crippen molar-refractivity contribution < 1.29 is 9.53 Å². The number of hydrogen-bond acceptors (Lipinski definition) is 2. The van der Waals surface area contributed by atoms with Crippen LogP contribution in [0.15, 0.2) is 0 Å². The lowest BCUT2D eigenvalue weighted by Crippen LogP contribution is -2.37. The number of hydrogen-bond donors (Lipinski definition) is 0. The fraction of sp³-hybridized carbons (Fsp3) is 0.923. The zero-order valence-corrected chi connectivity index (χ0v) is 10.3. The minimum absolute atomic E-state index is 0.0342. The highest BCUT2D eigenvalue weighted by atomic mass is 16.6. The standard InChI is InChI=1S/C13H24O2/c1-4-8-12(14)15-13(2,3)11-9-6-5-7-10-11/h11H,4-10H2,1-3H3. The Morgan fingerprint density at radius 3 is 2.40 bits per heavy atom. The van der Waals surface area contributed by atoms with Crippen LogP contribution in [0.4, 0.5) is 0 Å². The topological polar surface area (TPSA) is 26.3 Å². The quantitative estimate of drug-likeness (QED) is 0.664. The molecule has 0 aromatic heterocycles. The van der Waals surface area contributed by atoms with Crippen LogP contribution < -0.4 is 0 Å². The van der Waals surface area contributed by atoms with Gasteiger partial charge < -0.3 is 4.74 Å². The van der Waals surface area contributed by atoms with Crippen molar-refractivity contribution in [2.24, 2.45) is 5.92 Å². The monoisotopic (exact) mass is 212 g/mol. The third-order valence-electron chi connectivity index (χ3n) is 3.42. The summed E-state index contributed by atoms with van der Waals surface area (Å²) in [5, 5.41) is 0. The van der Waals surface area contributed by atoms with E-state index in [1.54, 1.807) is 0 Å². The third-order valence-corrected chi connectivity index (χ3v) is 3.42. The summed E-state index contributed by atoms with van der Waals surface area (Å²) in [6.45, 7) is 6.14. The predicted octanol–water partition coefficient (Wildman–Crippen LogP) is 3.69. The van der Waals surface area contributed by atoms with Gasteiger partial charge in [-0.2, -0.15) is 0 Å². The van der Waals surface area contributed by atoms with Crippen LogP contribution in [0.5, 0.6) is 0 Å². The Labute approximate surface area is 93.4 Å². The maximum atomic E-state index is 11.5. The average Bonchev–Trinajstić information content (AvgIpc) is 2.18. The molecule has 1 fully saturated rings. The normalized spacial score (nSPS) is 18.9. The highest BCUT2D eigenvalue weighted by Crippen LogP contribution is 2.34. The first kappa shape index (κ1) is 12.5. The maximum absolute atomic E-state index is 11.5. The summed E-state index contributed by atoms with van der Waals surface area (Å²) >= 11 is 0. The molecule has 1 saturated carbocycles. The fourth-order valence-electron chi connectivity index (χ4n) is 2.43. The number of ether oxygens (including phenoxy) is 1. The molecule has 0 N–H and O–H groups in total. The Morgan fingerprint density at radius 1 is 1.27 bits per heavy atom. The molecule has 0 spiro atoms. The van der Waals surface area contributed by atoms with E-state index in [1.165, 1.54) is 32.1 Å². The van der Waals surface area contributed by atoms with Crippen LogP contribution in [0, 0.1) is 5.92 Å². The first-order valence-electron chi connectivity index (χ1n) is 6.28. The molecule has 0 aromatic rings. The Bertz CT molecular complexity index is 203. The molecule has 1 aliphatic carbocycles. The van der Waals surface area contributed by atoms with Crippen molar-refractivity contribution in [3.05, 3.63) is 0 Å². The second kappa shape index (κ2) is 5.53. The number of carbonyl (C=O) groups is 1. The van der Waals surface area contributed by atoms with E-state index in [9.17, 15) is 4.79 Å². The average molecular weight is 212 g/mol. The molecule has 0 heterocycles. The smallest absolute Gasteiger partial charge is 0.306 e. The highest BCUT2D eigenvalue weighted by Gasteiger charge is 2.33. The lowest BCUT2D eigenvalue weighted by Gasteiger charge is -2.36. The molecule has 2 nitrogen and oxygen atoms in total. The summed E-state index contributed by atoms with van der Waals surface area (Å²) in [5.74, 6) is 0.528. The van der Waals surface area contributed by atoms with Crippen LogP contribution in [0.2, 0.25) is 0 Å². The van der Waals surface area contributed by atoms with Crippen LogP contribution in [0.3, 0.4) is 0 Å². The van der Waals surface area contributed by atoms with Crippen LogP contribution in [0.25, 0.3) is 0 Å². The third kappa shape index (κ3) is 3.84. The second-order valence-electron chi connectivity index (χ2n) is 5.16. The van der Waals surface area contributed by atoms with Crippen LogP contribution in [-0.4, -0.2) is 11.6 Å². The van der Waals surface area contributed by atoms with Gasteiger partial charge in [-0.05, 0) is 39.0 Å². The molecule has 0 aromatic carbocycles. The molecule has 0 bridgehead atoms. The van der Waals surface area contributed by atoms with Gasteiger partial charge >= 0.3 is 5.97 Å². The van der Waals surface area contributed by atoms with E-state index < -0.39 is 0 Å².